The first-order valence-corrected chi connectivity index (χ1v) is 9.51. The molecular weight excluding hydrogens is 362 g/mol. The molecule has 1 fully saturated rings. The van der Waals surface area contributed by atoms with E-state index in [0.29, 0.717) is 41.4 Å². The zero-order valence-electron chi connectivity index (χ0n) is 15.7. The summed E-state index contributed by atoms with van der Waals surface area (Å²) in [5.41, 5.74) is 8.80. The first-order valence-electron chi connectivity index (χ1n) is 9.13. The predicted molar refractivity (Wildman–Crippen MR) is 110 cm³/mol. The summed E-state index contributed by atoms with van der Waals surface area (Å²) in [7, 11) is 1.56. The fourth-order valence-electron chi connectivity index (χ4n) is 3.73. The molecule has 3 N–H and O–H groups in total. The number of halogens is 1. The number of hydrogen-bond donors (Lipinski definition) is 2. The fourth-order valence-corrected chi connectivity index (χ4v) is 3.88. The van der Waals surface area contributed by atoms with Crippen molar-refractivity contribution in [1.29, 1.82) is 0 Å². The zero-order valence-corrected chi connectivity index (χ0v) is 16.5. The van der Waals surface area contributed by atoms with E-state index in [1.54, 1.807) is 13.2 Å². The summed E-state index contributed by atoms with van der Waals surface area (Å²) >= 11 is 6.13. The van der Waals surface area contributed by atoms with Gasteiger partial charge in [-0.2, -0.15) is 0 Å². The summed E-state index contributed by atoms with van der Waals surface area (Å²) in [5, 5.41) is 3.56. The number of aryl methyl sites for hydroxylation is 1. The van der Waals surface area contributed by atoms with Gasteiger partial charge in [0.25, 0.3) is 0 Å². The molecule has 144 valence electrons. The first kappa shape index (κ1) is 19.7. The number of carbonyl (C=O) groups excluding carboxylic acids is 1. The highest BCUT2D eigenvalue weighted by molar-refractivity contribution is 6.31. The maximum atomic E-state index is 12.6. The number of carbonyl (C=O) groups is 1. The second-order valence-electron chi connectivity index (χ2n) is 7.06. The molecule has 0 saturated carbocycles. The van der Waals surface area contributed by atoms with Crippen LogP contribution in [0.4, 0.5) is 5.69 Å². The molecule has 0 radical (unpaired) electrons. The van der Waals surface area contributed by atoms with Crippen molar-refractivity contribution in [3.63, 3.8) is 0 Å². The molecule has 2 atom stereocenters. The Kier molecular flexibility index (Phi) is 6.37. The molecule has 1 aliphatic heterocycles. The molecule has 1 aliphatic rings. The van der Waals surface area contributed by atoms with E-state index in [4.69, 9.17) is 22.1 Å². The van der Waals surface area contributed by atoms with E-state index in [2.05, 4.69) is 22.3 Å². The molecule has 2 aromatic carbocycles. The summed E-state index contributed by atoms with van der Waals surface area (Å²) in [6.07, 6.45) is 0. The van der Waals surface area contributed by atoms with Crippen LogP contribution >= 0.6 is 11.6 Å². The van der Waals surface area contributed by atoms with Crippen LogP contribution in [0, 0.1) is 12.8 Å². The number of methoxy groups -OCH3 is 1. The van der Waals surface area contributed by atoms with Crippen LogP contribution in [-0.4, -0.2) is 44.1 Å². The van der Waals surface area contributed by atoms with Gasteiger partial charge in [-0.05, 0) is 36.6 Å². The minimum Gasteiger partial charge on any atom is -0.495 e. The molecule has 1 heterocycles. The number of amides is 1. The third-order valence-corrected chi connectivity index (χ3v) is 5.58. The molecule has 2 aromatic rings. The van der Waals surface area contributed by atoms with Crippen molar-refractivity contribution < 1.29 is 9.53 Å². The zero-order chi connectivity index (χ0) is 19.4. The largest absolute Gasteiger partial charge is 0.495 e. The summed E-state index contributed by atoms with van der Waals surface area (Å²) < 4.78 is 5.33. The number of benzene rings is 2. The highest BCUT2D eigenvalue weighted by Crippen LogP contribution is 2.33. The number of nitrogens with zero attached hydrogens (tertiary/aromatic N) is 1. The number of hydrogen-bond acceptors (Lipinski definition) is 4. The topological polar surface area (TPSA) is 67.6 Å². The Morgan fingerprint density at radius 1 is 1.30 bits per heavy atom. The van der Waals surface area contributed by atoms with E-state index in [1.165, 1.54) is 5.56 Å². The van der Waals surface area contributed by atoms with E-state index >= 15 is 0 Å². The molecule has 27 heavy (non-hydrogen) atoms. The van der Waals surface area contributed by atoms with Gasteiger partial charge in [-0.25, -0.2) is 0 Å². The van der Waals surface area contributed by atoms with Gasteiger partial charge >= 0.3 is 0 Å². The summed E-state index contributed by atoms with van der Waals surface area (Å²) in [5.74, 6) is 1.20. The lowest BCUT2D eigenvalue weighted by atomic mass is 9.89. The van der Waals surface area contributed by atoms with Gasteiger partial charge in [0, 0.05) is 30.1 Å². The van der Waals surface area contributed by atoms with Crippen molar-refractivity contribution >= 4 is 23.2 Å². The second kappa shape index (κ2) is 8.74. The van der Waals surface area contributed by atoms with Crippen LogP contribution in [0.15, 0.2) is 42.5 Å². The van der Waals surface area contributed by atoms with Crippen molar-refractivity contribution in [2.24, 2.45) is 11.7 Å². The van der Waals surface area contributed by atoms with Crippen LogP contribution in [0.1, 0.15) is 17.0 Å². The number of ether oxygens (including phenoxy) is 1. The first-order chi connectivity index (χ1) is 13.0. The lowest BCUT2D eigenvalue weighted by Crippen LogP contribution is -2.32. The highest BCUT2D eigenvalue weighted by atomic mass is 35.5. The van der Waals surface area contributed by atoms with E-state index in [1.807, 2.05) is 31.2 Å². The fraction of sp³-hybridized carbons (Fsp3) is 0.381. The quantitative estimate of drug-likeness (QED) is 0.798. The number of nitrogens with one attached hydrogen (secondary N) is 1. The van der Waals surface area contributed by atoms with E-state index in [-0.39, 0.29) is 5.91 Å². The van der Waals surface area contributed by atoms with Gasteiger partial charge in [0.05, 0.1) is 19.3 Å². The van der Waals surface area contributed by atoms with Gasteiger partial charge in [-0.1, -0.05) is 41.9 Å². The third-order valence-electron chi connectivity index (χ3n) is 5.17. The van der Waals surface area contributed by atoms with Gasteiger partial charge < -0.3 is 15.8 Å². The van der Waals surface area contributed by atoms with Crippen LogP contribution in [0.5, 0.6) is 5.75 Å². The predicted octanol–water partition coefficient (Wildman–Crippen LogP) is 3.27. The van der Waals surface area contributed by atoms with E-state index in [9.17, 15) is 4.79 Å². The number of nitrogens with two attached hydrogens (primary N) is 1. The minimum atomic E-state index is -0.0699. The standard InChI is InChI=1S/C21H26ClN3O2/c1-14-8-19(20(27-2)9-18(14)22)24-21(26)13-25-11-16(10-23)17(12-25)15-6-4-3-5-7-15/h3-9,16-17H,10-13,23H2,1-2H3,(H,24,26)/t16-,17+/m1/s1. The van der Waals surface area contributed by atoms with Crippen molar-refractivity contribution in [1.82, 2.24) is 4.90 Å². The molecule has 1 amide bonds. The van der Waals surface area contributed by atoms with Crippen LogP contribution in [0.25, 0.3) is 0 Å². The Labute approximate surface area is 165 Å². The number of likely N-dealkylation sites (tertiary alicyclic amines) is 1. The van der Waals surface area contributed by atoms with Crippen molar-refractivity contribution in [3.05, 3.63) is 58.6 Å². The smallest absolute Gasteiger partial charge is 0.238 e. The van der Waals surface area contributed by atoms with Crippen molar-refractivity contribution in [2.75, 3.05) is 38.6 Å². The minimum absolute atomic E-state index is 0.0699. The van der Waals surface area contributed by atoms with Crippen molar-refractivity contribution in [2.45, 2.75) is 12.8 Å². The highest BCUT2D eigenvalue weighted by Gasteiger charge is 2.33. The number of rotatable bonds is 6. The number of anilines is 1. The lowest BCUT2D eigenvalue weighted by molar-refractivity contribution is -0.117. The van der Waals surface area contributed by atoms with Crippen molar-refractivity contribution in [3.8, 4) is 5.75 Å². The van der Waals surface area contributed by atoms with Gasteiger partial charge in [-0.15, -0.1) is 0 Å². The molecule has 1 saturated heterocycles. The SMILES string of the molecule is COc1cc(Cl)c(C)cc1NC(=O)CN1C[C@@H](CN)[C@H](c2ccccc2)C1. The Hall–Kier alpha value is -2.08. The molecule has 0 unspecified atom stereocenters. The van der Waals surface area contributed by atoms with Gasteiger partial charge in [0.2, 0.25) is 5.91 Å². The Morgan fingerprint density at radius 2 is 2.04 bits per heavy atom. The van der Waals surface area contributed by atoms with Gasteiger partial charge in [0.1, 0.15) is 5.75 Å². The maximum absolute atomic E-state index is 12.6. The Morgan fingerprint density at radius 3 is 2.70 bits per heavy atom. The summed E-state index contributed by atoms with van der Waals surface area (Å²) in [6.45, 7) is 4.48. The average molecular weight is 388 g/mol. The monoisotopic (exact) mass is 387 g/mol. The molecule has 6 heteroatoms. The molecule has 0 aliphatic carbocycles. The molecule has 0 spiro atoms. The third kappa shape index (κ3) is 4.61. The van der Waals surface area contributed by atoms with E-state index in [0.717, 1.165) is 18.7 Å². The Balaban J connectivity index is 1.66. The lowest BCUT2D eigenvalue weighted by Gasteiger charge is -2.17. The van der Waals surface area contributed by atoms with Crippen LogP contribution in [0.3, 0.4) is 0 Å². The average Bonchev–Trinajstić information content (AvgIpc) is 3.08. The van der Waals surface area contributed by atoms with Gasteiger partial charge in [0.15, 0.2) is 0 Å². The molecule has 3 rings (SSSR count). The van der Waals surface area contributed by atoms with Crippen LogP contribution in [0.2, 0.25) is 5.02 Å². The normalized spacial score (nSPS) is 19.9. The summed E-state index contributed by atoms with van der Waals surface area (Å²) in [6, 6.07) is 13.9. The molecular formula is C21H26ClN3O2. The molecule has 0 aromatic heterocycles. The molecule has 5 nitrogen and oxygen atoms in total. The van der Waals surface area contributed by atoms with Gasteiger partial charge in [-0.3, -0.25) is 9.69 Å². The Bertz CT molecular complexity index is 798. The van der Waals surface area contributed by atoms with E-state index < -0.39 is 0 Å². The second-order valence-corrected chi connectivity index (χ2v) is 7.46. The molecule has 0 bridgehead atoms. The summed E-state index contributed by atoms with van der Waals surface area (Å²) in [4.78, 5) is 14.8. The van der Waals surface area contributed by atoms with Crippen LogP contribution in [-0.2, 0) is 4.79 Å². The maximum Gasteiger partial charge on any atom is 0.238 e. The van der Waals surface area contributed by atoms with Crippen LogP contribution < -0.4 is 15.8 Å².